The smallest absolute Gasteiger partial charge is 0.252 e. The van der Waals surface area contributed by atoms with Gasteiger partial charge in [0, 0.05) is 26.2 Å². The minimum absolute atomic E-state index is 0.130. The van der Waals surface area contributed by atoms with Crippen LogP contribution in [0.5, 0.6) is 0 Å². The number of likely N-dealkylation sites (tertiary alicyclic amines) is 1. The number of halogens is 1. The number of nitrogens with one attached hydrogen (secondary N) is 1. The third-order valence-electron chi connectivity index (χ3n) is 5.51. The molecule has 0 spiro atoms. The molecule has 1 atom stereocenters. The first-order chi connectivity index (χ1) is 13.4. The van der Waals surface area contributed by atoms with Gasteiger partial charge in [-0.25, -0.2) is 8.42 Å². The Morgan fingerprint density at radius 2 is 1.75 bits per heavy atom. The van der Waals surface area contributed by atoms with Crippen LogP contribution in [0.25, 0.3) is 0 Å². The molecular weight excluding hydrogens is 398 g/mol. The van der Waals surface area contributed by atoms with Crippen LogP contribution in [-0.2, 0) is 10.0 Å². The topological polar surface area (TPSA) is 69.7 Å². The molecule has 2 aliphatic heterocycles. The van der Waals surface area contributed by atoms with Crippen molar-refractivity contribution in [2.75, 3.05) is 39.3 Å². The molecule has 0 aliphatic carbocycles. The van der Waals surface area contributed by atoms with Crippen molar-refractivity contribution in [2.24, 2.45) is 5.92 Å². The van der Waals surface area contributed by atoms with Gasteiger partial charge in [0.05, 0.1) is 15.5 Å². The summed E-state index contributed by atoms with van der Waals surface area (Å²) in [6.45, 7) is 6.92. The molecule has 28 heavy (non-hydrogen) atoms. The number of benzene rings is 1. The molecule has 2 saturated heterocycles. The first kappa shape index (κ1) is 21.6. The summed E-state index contributed by atoms with van der Waals surface area (Å²) in [4.78, 5) is 15.2. The van der Waals surface area contributed by atoms with Crippen LogP contribution in [0.3, 0.4) is 0 Å². The van der Waals surface area contributed by atoms with Gasteiger partial charge in [-0.1, -0.05) is 24.9 Å². The Kier molecular flexibility index (Phi) is 7.36. The van der Waals surface area contributed by atoms with Crippen LogP contribution in [0.2, 0.25) is 5.02 Å². The molecule has 0 saturated carbocycles. The van der Waals surface area contributed by atoms with Gasteiger partial charge in [0.1, 0.15) is 0 Å². The third kappa shape index (κ3) is 5.26. The molecule has 3 rings (SSSR count). The highest BCUT2D eigenvalue weighted by Gasteiger charge is 2.28. The molecule has 0 bridgehead atoms. The Morgan fingerprint density at radius 3 is 2.43 bits per heavy atom. The molecule has 6 nitrogen and oxygen atoms in total. The van der Waals surface area contributed by atoms with Crippen molar-refractivity contribution in [2.45, 2.75) is 43.9 Å². The zero-order valence-corrected chi connectivity index (χ0v) is 18.1. The van der Waals surface area contributed by atoms with Gasteiger partial charge in [0.2, 0.25) is 10.0 Å². The summed E-state index contributed by atoms with van der Waals surface area (Å²) in [7, 11) is -3.57. The number of hydrogen-bond acceptors (Lipinski definition) is 4. The molecule has 8 heteroatoms. The van der Waals surface area contributed by atoms with Crippen molar-refractivity contribution < 1.29 is 13.2 Å². The highest BCUT2D eigenvalue weighted by Crippen LogP contribution is 2.25. The molecule has 1 aromatic rings. The van der Waals surface area contributed by atoms with E-state index in [1.807, 2.05) is 0 Å². The Balaban J connectivity index is 1.62. The molecule has 1 aromatic carbocycles. The van der Waals surface area contributed by atoms with E-state index in [9.17, 15) is 13.2 Å². The Morgan fingerprint density at radius 1 is 1.11 bits per heavy atom. The highest BCUT2D eigenvalue weighted by atomic mass is 35.5. The monoisotopic (exact) mass is 427 g/mol. The quantitative estimate of drug-likeness (QED) is 0.726. The van der Waals surface area contributed by atoms with Crippen LogP contribution in [0.15, 0.2) is 23.1 Å². The Hall–Kier alpha value is -1.15. The third-order valence-corrected chi connectivity index (χ3v) is 7.74. The zero-order valence-electron chi connectivity index (χ0n) is 16.5. The molecule has 1 amide bonds. The predicted molar refractivity (Wildman–Crippen MR) is 111 cm³/mol. The number of carbonyl (C=O) groups is 1. The van der Waals surface area contributed by atoms with Gasteiger partial charge >= 0.3 is 0 Å². The van der Waals surface area contributed by atoms with E-state index in [4.69, 9.17) is 11.6 Å². The highest BCUT2D eigenvalue weighted by molar-refractivity contribution is 7.89. The maximum atomic E-state index is 12.8. The molecule has 2 fully saturated rings. The maximum absolute atomic E-state index is 12.8. The molecule has 0 radical (unpaired) electrons. The van der Waals surface area contributed by atoms with E-state index in [1.165, 1.54) is 41.8 Å². The second-order valence-electron chi connectivity index (χ2n) is 7.93. The van der Waals surface area contributed by atoms with Crippen LogP contribution >= 0.6 is 11.6 Å². The fraction of sp³-hybridized carbons (Fsp3) is 0.650. The number of rotatable bonds is 7. The fourth-order valence-electron chi connectivity index (χ4n) is 3.93. The molecule has 1 N–H and O–H groups in total. The molecule has 0 aromatic heterocycles. The largest absolute Gasteiger partial charge is 0.352 e. The number of amides is 1. The van der Waals surface area contributed by atoms with E-state index in [2.05, 4.69) is 17.1 Å². The predicted octanol–water partition coefficient (Wildman–Crippen LogP) is 2.98. The summed E-state index contributed by atoms with van der Waals surface area (Å²) >= 11 is 6.19. The van der Waals surface area contributed by atoms with Crippen LogP contribution in [0, 0.1) is 5.92 Å². The van der Waals surface area contributed by atoms with E-state index in [-0.39, 0.29) is 21.4 Å². The lowest BCUT2D eigenvalue weighted by molar-refractivity contribution is 0.0942. The standard InChI is InChI=1S/C20H30ClN3O3S/c1-16(15-23-9-3-2-4-10-23)14-22-20(25)18-13-17(7-8-19(18)21)28(26,27)24-11-5-6-12-24/h7-8,13,16H,2-6,9-12,14-15H2,1H3,(H,22,25). The first-order valence-corrected chi connectivity index (χ1v) is 12.0. The SMILES string of the molecule is CC(CNC(=O)c1cc(S(=O)(=O)N2CCCC2)ccc1Cl)CN1CCCCC1. The van der Waals surface area contributed by atoms with E-state index in [0.717, 1.165) is 32.5 Å². The molecule has 156 valence electrons. The summed E-state index contributed by atoms with van der Waals surface area (Å²) in [5, 5.41) is 3.18. The lowest BCUT2D eigenvalue weighted by Gasteiger charge is -2.29. The fourth-order valence-corrected chi connectivity index (χ4v) is 5.67. The zero-order chi connectivity index (χ0) is 20.1. The van der Waals surface area contributed by atoms with Gasteiger partial charge in [0.15, 0.2) is 0 Å². The molecule has 2 aliphatic rings. The van der Waals surface area contributed by atoms with E-state index in [1.54, 1.807) is 0 Å². The maximum Gasteiger partial charge on any atom is 0.252 e. The van der Waals surface area contributed by atoms with Crippen molar-refractivity contribution >= 4 is 27.5 Å². The summed E-state index contributed by atoms with van der Waals surface area (Å²) in [5.74, 6) is -0.00805. The van der Waals surface area contributed by atoms with Gasteiger partial charge in [-0.15, -0.1) is 0 Å². The average molecular weight is 428 g/mol. The van der Waals surface area contributed by atoms with Crippen LogP contribution in [0.1, 0.15) is 49.4 Å². The van der Waals surface area contributed by atoms with Crippen molar-refractivity contribution in [3.63, 3.8) is 0 Å². The summed E-state index contributed by atoms with van der Waals surface area (Å²) < 4.78 is 27.0. The first-order valence-electron chi connectivity index (χ1n) is 10.2. The van der Waals surface area contributed by atoms with Crippen molar-refractivity contribution in [3.8, 4) is 0 Å². The molecule has 1 unspecified atom stereocenters. The number of nitrogens with zero attached hydrogens (tertiary/aromatic N) is 2. The number of piperidine rings is 1. The number of sulfonamides is 1. The normalized spacial score (nSPS) is 20.2. The minimum atomic E-state index is -3.57. The minimum Gasteiger partial charge on any atom is -0.352 e. The Labute approximate surface area is 173 Å². The van der Waals surface area contributed by atoms with Crippen LogP contribution < -0.4 is 5.32 Å². The summed E-state index contributed by atoms with van der Waals surface area (Å²) in [5.41, 5.74) is 0.215. The van der Waals surface area contributed by atoms with Crippen molar-refractivity contribution in [3.05, 3.63) is 28.8 Å². The summed E-state index contributed by atoms with van der Waals surface area (Å²) in [6.07, 6.45) is 5.53. The second-order valence-corrected chi connectivity index (χ2v) is 10.3. The van der Waals surface area contributed by atoms with Crippen molar-refractivity contribution in [1.29, 1.82) is 0 Å². The Bertz CT molecular complexity index is 788. The lowest BCUT2D eigenvalue weighted by atomic mass is 10.1. The van der Waals surface area contributed by atoms with Gasteiger partial charge in [-0.3, -0.25) is 4.79 Å². The van der Waals surface area contributed by atoms with Gasteiger partial charge in [0.25, 0.3) is 5.91 Å². The van der Waals surface area contributed by atoms with E-state index in [0.29, 0.717) is 25.6 Å². The second kappa shape index (κ2) is 9.57. The average Bonchev–Trinajstić information content (AvgIpc) is 3.23. The van der Waals surface area contributed by atoms with Crippen molar-refractivity contribution in [1.82, 2.24) is 14.5 Å². The summed E-state index contributed by atoms with van der Waals surface area (Å²) in [6, 6.07) is 4.38. The van der Waals surface area contributed by atoms with Gasteiger partial charge < -0.3 is 10.2 Å². The molecule has 2 heterocycles. The van der Waals surface area contributed by atoms with E-state index < -0.39 is 10.0 Å². The van der Waals surface area contributed by atoms with Gasteiger partial charge in [-0.2, -0.15) is 4.31 Å². The lowest BCUT2D eigenvalue weighted by Crippen LogP contribution is -2.38. The number of hydrogen-bond donors (Lipinski definition) is 1. The molecular formula is C20H30ClN3O3S. The van der Waals surface area contributed by atoms with Crippen LogP contribution in [-0.4, -0.2) is 62.8 Å². The van der Waals surface area contributed by atoms with Gasteiger partial charge in [-0.05, 0) is 62.9 Å². The van der Waals surface area contributed by atoms with E-state index >= 15 is 0 Å². The number of carbonyl (C=O) groups excluding carboxylic acids is 1. The van der Waals surface area contributed by atoms with Crippen LogP contribution in [0.4, 0.5) is 0 Å².